The fourth-order valence-electron chi connectivity index (χ4n) is 2.04. The maximum absolute atomic E-state index is 11.4. The molecule has 1 aliphatic heterocycles. The average Bonchev–Trinajstić information content (AvgIpc) is 2.31. The highest BCUT2D eigenvalue weighted by Crippen LogP contribution is 2.24. The Kier molecular flexibility index (Phi) is 7.45. The molecule has 1 heterocycles. The Morgan fingerprint density at radius 1 is 1.27 bits per heavy atom. The second kappa shape index (κ2) is 7.72. The molecule has 1 saturated heterocycles. The number of piperidine rings is 1. The maximum Gasteiger partial charge on any atom is 0.222 e. The van der Waals surface area contributed by atoms with Gasteiger partial charge in [0.05, 0.1) is 0 Å². The lowest BCUT2D eigenvalue weighted by Crippen LogP contribution is -2.39. The van der Waals surface area contributed by atoms with Gasteiger partial charge >= 0.3 is 0 Å². The first-order valence-electron chi connectivity index (χ1n) is 6.43. The predicted molar refractivity (Wildman–Crippen MR) is 65.8 cm³/mol. The van der Waals surface area contributed by atoms with Crippen LogP contribution in [0.2, 0.25) is 0 Å². The Labute approximate surface area is 95.0 Å². The fraction of sp³-hybridized carbons (Fsp3) is 0.923. The molecular weight excluding hydrogens is 186 g/mol. The summed E-state index contributed by atoms with van der Waals surface area (Å²) in [6.07, 6.45) is 3.05. The van der Waals surface area contributed by atoms with Crippen molar-refractivity contribution in [3.05, 3.63) is 0 Å². The molecule has 15 heavy (non-hydrogen) atoms. The van der Waals surface area contributed by atoms with E-state index >= 15 is 0 Å². The van der Waals surface area contributed by atoms with Gasteiger partial charge in [0.25, 0.3) is 0 Å². The van der Waals surface area contributed by atoms with Crippen LogP contribution in [-0.2, 0) is 4.79 Å². The molecule has 90 valence electrons. The van der Waals surface area contributed by atoms with Gasteiger partial charge in [0.1, 0.15) is 0 Å². The molecule has 0 aromatic rings. The van der Waals surface area contributed by atoms with E-state index in [1.807, 2.05) is 25.7 Å². The molecule has 0 bridgehead atoms. The number of likely N-dealkylation sites (tertiary alicyclic amines) is 1. The summed E-state index contributed by atoms with van der Waals surface area (Å²) in [5.74, 6) is 1.93. The maximum atomic E-state index is 11.4. The molecule has 0 radical (unpaired) electrons. The zero-order chi connectivity index (χ0) is 11.8. The number of carbonyl (C=O) groups is 1. The second-order valence-electron chi connectivity index (χ2n) is 4.32. The smallest absolute Gasteiger partial charge is 0.222 e. The van der Waals surface area contributed by atoms with Crippen LogP contribution in [0.3, 0.4) is 0 Å². The van der Waals surface area contributed by atoms with Crippen LogP contribution >= 0.6 is 0 Å². The van der Waals surface area contributed by atoms with E-state index in [2.05, 4.69) is 13.8 Å². The first-order valence-corrected chi connectivity index (χ1v) is 6.43. The molecule has 0 N–H and O–H groups in total. The van der Waals surface area contributed by atoms with Gasteiger partial charge in [0.2, 0.25) is 5.91 Å². The third-order valence-corrected chi connectivity index (χ3v) is 3.14. The zero-order valence-electron chi connectivity index (χ0n) is 11.0. The van der Waals surface area contributed by atoms with Crippen LogP contribution in [-0.4, -0.2) is 23.9 Å². The minimum atomic E-state index is 0.321. The van der Waals surface area contributed by atoms with Crippen molar-refractivity contribution >= 4 is 5.91 Å². The van der Waals surface area contributed by atoms with Crippen molar-refractivity contribution in [3.8, 4) is 0 Å². The predicted octanol–water partition coefficient (Wildman–Crippen LogP) is 3.32. The number of hydrogen-bond acceptors (Lipinski definition) is 1. The van der Waals surface area contributed by atoms with E-state index in [4.69, 9.17) is 0 Å². The lowest BCUT2D eigenvalue weighted by atomic mass is 9.87. The van der Waals surface area contributed by atoms with Gasteiger partial charge in [0, 0.05) is 19.5 Å². The molecule has 1 fully saturated rings. The number of hydrogen-bond donors (Lipinski definition) is 0. The minimum absolute atomic E-state index is 0.321. The van der Waals surface area contributed by atoms with E-state index < -0.39 is 0 Å². The standard InChI is InChI=1S/C11H21NO.C2H6/c1-4-11(13)12-7-5-10(6-8-12)9(2)3;1-2/h9-10H,4-8H2,1-3H3;1-2H3. The third-order valence-electron chi connectivity index (χ3n) is 3.14. The normalized spacial score (nSPS) is 17.3. The lowest BCUT2D eigenvalue weighted by Gasteiger charge is -2.33. The topological polar surface area (TPSA) is 20.3 Å². The van der Waals surface area contributed by atoms with E-state index in [9.17, 15) is 4.79 Å². The van der Waals surface area contributed by atoms with Crippen LogP contribution in [0.15, 0.2) is 0 Å². The minimum Gasteiger partial charge on any atom is -0.343 e. The molecule has 0 aliphatic carbocycles. The number of rotatable bonds is 2. The summed E-state index contributed by atoms with van der Waals surface area (Å²) in [5, 5.41) is 0. The molecule has 0 aromatic carbocycles. The van der Waals surface area contributed by atoms with Gasteiger partial charge in [-0.1, -0.05) is 34.6 Å². The average molecular weight is 213 g/mol. The Morgan fingerprint density at radius 2 is 1.73 bits per heavy atom. The Bertz CT molecular complexity index is 169. The van der Waals surface area contributed by atoms with E-state index in [1.54, 1.807) is 0 Å². The molecule has 1 amide bonds. The molecule has 0 atom stereocenters. The number of carbonyl (C=O) groups excluding carboxylic acids is 1. The second-order valence-corrected chi connectivity index (χ2v) is 4.32. The molecule has 0 unspecified atom stereocenters. The Balaban J connectivity index is 0.000000921. The lowest BCUT2D eigenvalue weighted by molar-refractivity contribution is -0.132. The van der Waals surface area contributed by atoms with E-state index in [1.165, 1.54) is 12.8 Å². The van der Waals surface area contributed by atoms with Crippen LogP contribution in [0, 0.1) is 11.8 Å². The van der Waals surface area contributed by atoms with Crippen molar-refractivity contribution in [3.63, 3.8) is 0 Å². The molecular formula is C13H27NO. The molecule has 1 rings (SSSR count). The van der Waals surface area contributed by atoms with Crippen LogP contribution in [0.4, 0.5) is 0 Å². The quantitative estimate of drug-likeness (QED) is 0.689. The van der Waals surface area contributed by atoms with Crippen LogP contribution in [0.1, 0.15) is 53.9 Å². The van der Waals surface area contributed by atoms with Gasteiger partial charge in [-0.3, -0.25) is 4.79 Å². The first-order chi connectivity index (χ1) is 7.15. The Morgan fingerprint density at radius 3 is 2.07 bits per heavy atom. The summed E-state index contributed by atoms with van der Waals surface area (Å²) in [5.41, 5.74) is 0. The van der Waals surface area contributed by atoms with Gasteiger partial charge in [-0.05, 0) is 24.7 Å². The highest BCUT2D eigenvalue weighted by Gasteiger charge is 2.23. The summed E-state index contributed by atoms with van der Waals surface area (Å²) < 4.78 is 0. The highest BCUT2D eigenvalue weighted by molar-refractivity contribution is 5.75. The van der Waals surface area contributed by atoms with Gasteiger partial charge in [-0.2, -0.15) is 0 Å². The summed E-state index contributed by atoms with van der Waals surface area (Å²) in [7, 11) is 0. The van der Waals surface area contributed by atoms with Crippen LogP contribution in [0.5, 0.6) is 0 Å². The van der Waals surface area contributed by atoms with Crippen molar-refractivity contribution < 1.29 is 4.79 Å². The molecule has 0 aromatic heterocycles. The highest BCUT2D eigenvalue weighted by atomic mass is 16.2. The van der Waals surface area contributed by atoms with Gasteiger partial charge < -0.3 is 4.90 Å². The summed E-state index contributed by atoms with van der Waals surface area (Å²) in [6, 6.07) is 0. The molecule has 0 saturated carbocycles. The van der Waals surface area contributed by atoms with Crippen molar-refractivity contribution in [2.24, 2.45) is 11.8 Å². The number of nitrogens with zero attached hydrogens (tertiary/aromatic N) is 1. The van der Waals surface area contributed by atoms with Gasteiger partial charge in [-0.15, -0.1) is 0 Å². The van der Waals surface area contributed by atoms with Gasteiger partial charge in [-0.25, -0.2) is 0 Å². The van der Waals surface area contributed by atoms with Crippen molar-refractivity contribution in [1.29, 1.82) is 0 Å². The third kappa shape index (κ3) is 4.67. The fourth-order valence-corrected chi connectivity index (χ4v) is 2.04. The van der Waals surface area contributed by atoms with Crippen molar-refractivity contribution in [1.82, 2.24) is 4.90 Å². The summed E-state index contributed by atoms with van der Waals surface area (Å²) in [4.78, 5) is 13.4. The molecule has 2 heteroatoms. The monoisotopic (exact) mass is 213 g/mol. The molecule has 0 spiro atoms. The SMILES string of the molecule is CC.CCC(=O)N1CCC(C(C)C)CC1. The molecule has 1 aliphatic rings. The van der Waals surface area contributed by atoms with Crippen molar-refractivity contribution in [2.75, 3.05) is 13.1 Å². The van der Waals surface area contributed by atoms with Crippen LogP contribution in [0.25, 0.3) is 0 Å². The van der Waals surface area contributed by atoms with E-state index in [0.29, 0.717) is 12.3 Å². The van der Waals surface area contributed by atoms with Crippen molar-refractivity contribution in [2.45, 2.75) is 53.9 Å². The van der Waals surface area contributed by atoms with E-state index in [-0.39, 0.29) is 0 Å². The summed E-state index contributed by atoms with van der Waals surface area (Å²) in [6.45, 7) is 12.5. The zero-order valence-corrected chi connectivity index (χ0v) is 11.0. The van der Waals surface area contributed by atoms with Gasteiger partial charge in [0.15, 0.2) is 0 Å². The largest absolute Gasteiger partial charge is 0.343 e. The Hall–Kier alpha value is -0.530. The summed E-state index contributed by atoms with van der Waals surface area (Å²) >= 11 is 0. The first kappa shape index (κ1) is 14.5. The number of amides is 1. The van der Waals surface area contributed by atoms with E-state index in [0.717, 1.165) is 24.9 Å². The van der Waals surface area contributed by atoms with Crippen LogP contribution < -0.4 is 0 Å². The molecule has 2 nitrogen and oxygen atoms in total.